The predicted molar refractivity (Wildman–Crippen MR) is 85.2 cm³/mol. The summed E-state index contributed by atoms with van der Waals surface area (Å²) in [5.74, 6) is -1.61. The van der Waals surface area contributed by atoms with Crippen LogP contribution in [0.3, 0.4) is 0 Å². The fraction of sp³-hybridized carbons (Fsp3) is 0.263. The molecule has 0 fully saturated rings. The normalized spacial score (nSPS) is 12.9. The van der Waals surface area contributed by atoms with Crippen molar-refractivity contribution < 1.29 is 13.9 Å². The molecule has 0 radical (unpaired) electrons. The van der Waals surface area contributed by atoms with Crippen molar-refractivity contribution in [2.45, 2.75) is 25.2 Å². The highest BCUT2D eigenvalue weighted by atomic mass is 19.1. The van der Waals surface area contributed by atoms with Gasteiger partial charge in [0, 0.05) is 5.92 Å². The molecule has 0 saturated heterocycles. The van der Waals surface area contributed by atoms with E-state index in [9.17, 15) is 14.4 Å². The minimum Gasteiger partial charge on any atom is -0.466 e. The van der Waals surface area contributed by atoms with Gasteiger partial charge in [-0.1, -0.05) is 42.5 Å². The maximum absolute atomic E-state index is 13.2. The van der Waals surface area contributed by atoms with E-state index in [1.54, 1.807) is 19.1 Å². The lowest BCUT2D eigenvalue weighted by Crippen LogP contribution is -2.16. The van der Waals surface area contributed by atoms with Gasteiger partial charge in [-0.05, 0) is 30.2 Å². The Bertz CT molecular complexity index is 677. The van der Waals surface area contributed by atoms with Crippen LogP contribution in [-0.2, 0) is 9.53 Å². The van der Waals surface area contributed by atoms with E-state index in [1.807, 2.05) is 30.3 Å². The first-order valence-electron chi connectivity index (χ1n) is 7.51. The molecular weight excluding hydrogens is 293 g/mol. The Hall–Kier alpha value is -2.67. The molecule has 0 aliphatic heterocycles. The lowest BCUT2D eigenvalue weighted by Gasteiger charge is -2.22. The first-order chi connectivity index (χ1) is 11.2. The largest absolute Gasteiger partial charge is 0.466 e. The zero-order valence-corrected chi connectivity index (χ0v) is 12.9. The maximum atomic E-state index is 13.2. The minimum atomic E-state index is -0.508. The fourth-order valence-electron chi connectivity index (χ4n) is 2.59. The summed E-state index contributed by atoms with van der Waals surface area (Å²) in [6.07, 6.45) is 0.0760. The number of halogens is 1. The molecule has 0 aliphatic rings. The summed E-state index contributed by atoms with van der Waals surface area (Å²) in [4.78, 5) is 11.9. The lowest BCUT2D eigenvalue weighted by molar-refractivity contribution is -0.143. The third kappa shape index (κ3) is 4.40. The average molecular weight is 311 g/mol. The second-order valence-electron chi connectivity index (χ2n) is 5.18. The molecule has 2 aromatic rings. The van der Waals surface area contributed by atoms with E-state index >= 15 is 0 Å². The van der Waals surface area contributed by atoms with Gasteiger partial charge in [-0.2, -0.15) is 5.26 Å². The van der Waals surface area contributed by atoms with Crippen LogP contribution in [0.4, 0.5) is 4.39 Å². The van der Waals surface area contributed by atoms with Gasteiger partial charge in [0.2, 0.25) is 0 Å². The van der Waals surface area contributed by atoms with Crippen molar-refractivity contribution in [3.8, 4) is 6.07 Å². The molecule has 0 bridgehead atoms. The molecule has 0 spiro atoms. The number of hydrogen-bond donors (Lipinski definition) is 0. The van der Waals surface area contributed by atoms with Crippen molar-refractivity contribution in [2.24, 2.45) is 0 Å². The van der Waals surface area contributed by atoms with Gasteiger partial charge in [0.25, 0.3) is 0 Å². The summed E-state index contributed by atoms with van der Waals surface area (Å²) in [6, 6.07) is 17.5. The molecular formula is C19H18FNO2. The van der Waals surface area contributed by atoms with Gasteiger partial charge in [0.15, 0.2) is 0 Å². The zero-order chi connectivity index (χ0) is 16.7. The number of carbonyl (C=O) groups excluding carboxylic acids is 1. The lowest BCUT2D eigenvalue weighted by atomic mass is 9.80. The highest BCUT2D eigenvalue weighted by Gasteiger charge is 2.27. The van der Waals surface area contributed by atoms with Gasteiger partial charge in [-0.3, -0.25) is 4.79 Å². The van der Waals surface area contributed by atoms with E-state index in [4.69, 9.17) is 4.74 Å². The molecule has 0 heterocycles. The predicted octanol–water partition coefficient (Wildman–Crippen LogP) is 4.17. The Morgan fingerprint density at radius 3 is 2.35 bits per heavy atom. The minimum absolute atomic E-state index is 0.0760. The van der Waals surface area contributed by atoms with Gasteiger partial charge >= 0.3 is 5.97 Å². The molecule has 0 amide bonds. The quantitative estimate of drug-likeness (QED) is 0.752. The second-order valence-corrected chi connectivity index (χ2v) is 5.18. The monoisotopic (exact) mass is 311 g/mol. The van der Waals surface area contributed by atoms with Gasteiger partial charge in [-0.25, -0.2) is 4.39 Å². The van der Waals surface area contributed by atoms with Crippen LogP contribution in [0.1, 0.15) is 36.3 Å². The van der Waals surface area contributed by atoms with Crippen LogP contribution in [0, 0.1) is 17.1 Å². The number of esters is 1. The Balaban J connectivity index is 2.37. The summed E-state index contributed by atoms with van der Waals surface area (Å²) >= 11 is 0. The van der Waals surface area contributed by atoms with Crippen LogP contribution >= 0.6 is 0 Å². The smallest absolute Gasteiger partial charge is 0.306 e. The number of carbonyl (C=O) groups is 1. The molecule has 3 nitrogen and oxygen atoms in total. The van der Waals surface area contributed by atoms with Gasteiger partial charge in [0.1, 0.15) is 5.82 Å². The third-order valence-electron chi connectivity index (χ3n) is 3.69. The van der Waals surface area contributed by atoms with Crippen molar-refractivity contribution >= 4 is 5.97 Å². The molecule has 23 heavy (non-hydrogen) atoms. The molecule has 0 aliphatic carbocycles. The first kappa shape index (κ1) is 16.7. The van der Waals surface area contributed by atoms with Crippen molar-refractivity contribution in [3.05, 3.63) is 71.5 Å². The summed E-state index contributed by atoms with van der Waals surface area (Å²) < 4.78 is 18.2. The zero-order valence-electron chi connectivity index (χ0n) is 12.9. The third-order valence-corrected chi connectivity index (χ3v) is 3.69. The summed E-state index contributed by atoms with van der Waals surface area (Å²) in [5.41, 5.74) is 1.57. The Morgan fingerprint density at radius 1 is 1.13 bits per heavy atom. The first-order valence-corrected chi connectivity index (χ1v) is 7.51. The number of benzene rings is 2. The number of rotatable bonds is 6. The van der Waals surface area contributed by atoms with E-state index in [0.717, 1.165) is 11.1 Å². The van der Waals surface area contributed by atoms with Crippen LogP contribution in [0.5, 0.6) is 0 Å². The van der Waals surface area contributed by atoms with E-state index in [0.29, 0.717) is 0 Å². The van der Waals surface area contributed by atoms with Crippen LogP contribution < -0.4 is 0 Å². The number of hydrogen-bond acceptors (Lipinski definition) is 3. The van der Waals surface area contributed by atoms with Crippen molar-refractivity contribution in [3.63, 3.8) is 0 Å². The van der Waals surface area contributed by atoms with Crippen molar-refractivity contribution in [1.82, 2.24) is 0 Å². The molecule has 4 heteroatoms. The van der Waals surface area contributed by atoms with Crippen molar-refractivity contribution in [2.75, 3.05) is 6.61 Å². The van der Waals surface area contributed by atoms with E-state index in [1.165, 1.54) is 12.1 Å². The molecule has 0 N–H and O–H groups in total. The average Bonchev–Trinajstić information content (AvgIpc) is 2.57. The second kappa shape index (κ2) is 8.09. The van der Waals surface area contributed by atoms with Gasteiger partial charge in [0.05, 0.1) is 25.0 Å². The van der Waals surface area contributed by atoms with Gasteiger partial charge < -0.3 is 4.74 Å². The topological polar surface area (TPSA) is 50.1 Å². The number of nitrogens with zero attached hydrogens (tertiary/aromatic N) is 1. The Morgan fingerprint density at radius 2 is 1.78 bits per heavy atom. The molecule has 2 aromatic carbocycles. The van der Waals surface area contributed by atoms with Crippen molar-refractivity contribution in [1.29, 1.82) is 5.26 Å². The number of ether oxygens (including phenoxy) is 1. The van der Waals surface area contributed by atoms with E-state index < -0.39 is 5.92 Å². The van der Waals surface area contributed by atoms with Gasteiger partial charge in [-0.15, -0.1) is 0 Å². The standard InChI is InChI=1S/C19H18FNO2/c1-2-23-19(22)12-17(15-8-10-16(20)11-9-15)18(13-21)14-6-4-3-5-7-14/h3-11,17-18H,2,12H2,1H3. The molecule has 2 rings (SSSR count). The van der Waals surface area contributed by atoms with Crippen LogP contribution in [0.25, 0.3) is 0 Å². The Labute approximate surface area is 135 Å². The maximum Gasteiger partial charge on any atom is 0.306 e. The molecule has 0 saturated carbocycles. The number of nitriles is 1. The van der Waals surface area contributed by atoms with Crippen LogP contribution in [0.15, 0.2) is 54.6 Å². The highest BCUT2D eigenvalue weighted by Crippen LogP contribution is 2.35. The van der Waals surface area contributed by atoms with E-state index in [-0.39, 0.29) is 30.7 Å². The Kier molecular flexibility index (Phi) is 5.87. The summed E-state index contributed by atoms with van der Waals surface area (Å²) in [5, 5.41) is 9.63. The van der Waals surface area contributed by atoms with Crippen LogP contribution in [-0.4, -0.2) is 12.6 Å². The molecule has 2 atom stereocenters. The molecule has 2 unspecified atom stereocenters. The van der Waals surface area contributed by atoms with E-state index in [2.05, 4.69) is 6.07 Å². The summed E-state index contributed by atoms with van der Waals surface area (Å²) in [7, 11) is 0. The molecule has 118 valence electrons. The van der Waals surface area contributed by atoms with Crippen LogP contribution in [0.2, 0.25) is 0 Å². The fourth-order valence-corrected chi connectivity index (χ4v) is 2.59. The SMILES string of the molecule is CCOC(=O)CC(c1ccc(F)cc1)C(C#N)c1ccccc1. The molecule has 0 aromatic heterocycles. The highest BCUT2D eigenvalue weighted by molar-refractivity contribution is 5.71. The summed E-state index contributed by atoms with van der Waals surface area (Å²) in [6.45, 7) is 2.03.